The maximum Gasteiger partial charge on any atom is 0.0576 e. The molecule has 0 unspecified atom stereocenters. The summed E-state index contributed by atoms with van der Waals surface area (Å²) in [5.41, 5.74) is 0. The van der Waals surface area contributed by atoms with Gasteiger partial charge in [-0.25, -0.2) is 0 Å². The summed E-state index contributed by atoms with van der Waals surface area (Å²) in [6.07, 6.45) is 7.11. The van der Waals surface area contributed by atoms with E-state index >= 15 is 0 Å². The van der Waals surface area contributed by atoms with Crippen LogP contribution in [0.2, 0.25) is 0 Å². The van der Waals surface area contributed by atoms with Crippen molar-refractivity contribution in [2.75, 3.05) is 13.1 Å². The van der Waals surface area contributed by atoms with E-state index in [4.69, 9.17) is 0 Å². The molecule has 0 spiro atoms. The molecule has 1 aliphatic rings. The molecule has 0 aromatic rings. The molecule has 80 valence electrons. The first-order valence-corrected chi connectivity index (χ1v) is 5.97. The second-order valence-corrected chi connectivity index (χ2v) is 4.35. The van der Waals surface area contributed by atoms with E-state index in [1.807, 2.05) is 6.92 Å². The number of nitrogens with one attached hydrogen (secondary N) is 1. The molecule has 1 nitrogen and oxygen atoms in total. The Morgan fingerprint density at radius 3 is 2.36 bits per heavy atom. The maximum absolute atomic E-state index is 3.42. The fourth-order valence-electron chi connectivity index (χ4n) is 2.27. The van der Waals surface area contributed by atoms with Gasteiger partial charge in [0.2, 0.25) is 0 Å². The average Bonchev–Trinajstić information content (AvgIpc) is 2.25. The Morgan fingerprint density at radius 1 is 1.14 bits per heavy atom. The quantitative estimate of drug-likeness (QED) is 0.535. The molecular weight excluding hydrogens is 170 g/mol. The first-order chi connectivity index (χ1) is 6.86. The van der Waals surface area contributed by atoms with Crippen LogP contribution in [0.5, 0.6) is 0 Å². The highest BCUT2D eigenvalue weighted by atomic mass is 14.8. The van der Waals surface area contributed by atoms with Crippen molar-refractivity contribution in [1.29, 1.82) is 0 Å². The summed E-state index contributed by atoms with van der Waals surface area (Å²) < 4.78 is 0. The van der Waals surface area contributed by atoms with Gasteiger partial charge in [-0.1, -0.05) is 32.1 Å². The van der Waals surface area contributed by atoms with Crippen LogP contribution >= 0.6 is 0 Å². The van der Waals surface area contributed by atoms with E-state index in [2.05, 4.69) is 24.1 Å². The van der Waals surface area contributed by atoms with Gasteiger partial charge in [0.05, 0.1) is 6.54 Å². The Kier molecular flexibility index (Phi) is 5.71. The van der Waals surface area contributed by atoms with Crippen LogP contribution in [0.15, 0.2) is 0 Å². The topological polar surface area (TPSA) is 12.0 Å². The van der Waals surface area contributed by atoms with Crippen molar-refractivity contribution >= 4 is 0 Å². The Morgan fingerprint density at radius 2 is 1.79 bits per heavy atom. The lowest BCUT2D eigenvalue weighted by molar-refractivity contribution is 0.265. The van der Waals surface area contributed by atoms with Crippen LogP contribution in [0.1, 0.15) is 46.0 Å². The molecule has 14 heavy (non-hydrogen) atoms. The standard InChI is InChI=1S/C13H23N/c1-3-5-10-14-11-13-8-6-12(4-2)7-9-13/h12-14H,4,6-11H2,1-2H3. The summed E-state index contributed by atoms with van der Waals surface area (Å²) in [4.78, 5) is 0. The summed E-state index contributed by atoms with van der Waals surface area (Å²) in [5, 5.41) is 3.42. The van der Waals surface area contributed by atoms with Crippen molar-refractivity contribution in [2.24, 2.45) is 11.8 Å². The molecule has 0 atom stereocenters. The fourth-order valence-corrected chi connectivity index (χ4v) is 2.27. The lowest BCUT2D eigenvalue weighted by Crippen LogP contribution is -2.26. The molecule has 1 saturated carbocycles. The van der Waals surface area contributed by atoms with Crippen molar-refractivity contribution in [1.82, 2.24) is 5.32 Å². The minimum Gasteiger partial charge on any atom is -0.306 e. The highest BCUT2D eigenvalue weighted by Crippen LogP contribution is 2.29. The molecule has 0 bridgehead atoms. The number of hydrogen-bond donors (Lipinski definition) is 1. The zero-order valence-electron chi connectivity index (χ0n) is 9.60. The molecule has 1 fully saturated rings. The van der Waals surface area contributed by atoms with Crippen molar-refractivity contribution in [3.05, 3.63) is 0 Å². The average molecular weight is 193 g/mol. The van der Waals surface area contributed by atoms with Crippen LogP contribution in [0.4, 0.5) is 0 Å². The molecular formula is C13H23N. The molecule has 1 heteroatoms. The first-order valence-electron chi connectivity index (χ1n) is 5.97. The molecule has 0 aromatic heterocycles. The van der Waals surface area contributed by atoms with E-state index in [1.54, 1.807) is 0 Å². The molecule has 0 aliphatic heterocycles. The molecule has 0 heterocycles. The second kappa shape index (κ2) is 6.90. The lowest BCUT2D eigenvalue weighted by atomic mass is 9.81. The molecule has 0 saturated heterocycles. The van der Waals surface area contributed by atoms with Gasteiger partial charge in [-0.15, -0.1) is 5.92 Å². The van der Waals surface area contributed by atoms with Crippen molar-refractivity contribution in [3.8, 4) is 11.8 Å². The SMILES string of the molecule is CC#CCNCC1CCC(CC)CC1. The van der Waals surface area contributed by atoms with Crippen LogP contribution < -0.4 is 5.32 Å². The van der Waals surface area contributed by atoms with Gasteiger partial charge >= 0.3 is 0 Å². The van der Waals surface area contributed by atoms with Gasteiger partial charge in [-0.2, -0.15) is 0 Å². The molecule has 0 amide bonds. The summed E-state index contributed by atoms with van der Waals surface area (Å²) in [7, 11) is 0. The third kappa shape index (κ3) is 4.15. The van der Waals surface area contributed by atoms with E-state index in [9.17, 15) is 0 Å². The highest BCUT2D eigenvalue weighted by Gasteiger charge is 2.18. The Labute approximate surface area is 88.7 Å². The zero-order valence-corrected chi connectivity index (χ0v) is 9.60. The zero-order chi connectivity index (χ0) is 10.2. The van der Waals surface area contributed by atoms with E-state index in [0.717, 1.165) is 18.4 Å². The lowest BCUT2D eigenvalue weighted by Gasteiger charge is -2.27. The summed E-state index contributed by atoms with van der Waals surface area (Å²) in [6.45, 7) is 6.25. The summed E-state index contributed by atoms with van der Waals surface area (Å²) in [6, 6.07) is 0. The third-order valence-corrected chi connectivity index (χ3v) is 3.37. The Balaban J connectivity index is 2.06. The van der Waals surface area contributed by atoms with E-state index < -0.39 is 0 Å². The number of hydrogen-bond acceptors (Lipinski definition) is 1. The minimum atomic E-state index is 0.865. The van der Waals surface area contributed by atoms with E-state index in [-0.39, 0.29) is 0 Å². The van der Waals surface area contributed by atoms with Crippen LogP contribution in [-0.4, -0.2) is 13.1 Å². The predicted molar refractivity (Wildman–Crippen MR) is 62.1 cm³/mol. The normalized spacial score (nSPS) is 26.7. The van der Waals surface area contributed by atoms with Crippen LogP contribution in [0.3, 0.4) is 0 Å². The minimum absolute atomic E-state index is 0.865. The number of rotatable bonds is 4. The first kappa shape index (κ1) is 11.6. The van der Waals surface area contributed by atoms with Crippen molar-refractivity contribution in [3.63, 3.8) is 0 Å². The van der Waals surface area contributed by atoms with Gasteiger partial charge < -0.3 is 5.32 Å². The van der Waals surface area contributed by atoms with Gasteiger partial charge in [-0.05, 0) is 38.1 Å². The summed E-state index contributed by atoms with van der Waals surface area (Å²) >= 11 is 0. The van der Waals surface area contributed by atoms with Gasteiger partial charge in [-0.3, -0.25) is 0 Å². The molecule has 0 radical (unpaired) electrons. The Bertz CT molecular complexity index is 191. The van der Waals surface area contributed by atoms with Crippen molar-refractivity contribution in [2.45, 2.75) is 46.0 Å². The predicted octanol–water partition coefficient (Wildman–Crippen LogP) is 2.82. The summed E-state index contributed by atoms with van der Waals surface area (Å²) in [5.74, 6) is 7.88. The maximum atomic E-state index is 3.42. The van der Waals surface area contributed by atoms with Crippen LogP contribution in [0.25, 0.3) is 0 Å². The van der Waals surface area contributed by atoms with Gasteiger partial charge in [0.1, 0.15) is 0 Å². The van der Waals surface area contributed by atoms with Gasteiger partial charge in [0.25, 0.3) is 0 Å². The molecule has 0 aromatic carbocycles. The van der Waals surface area contributed by atoms with E-state index in [1.165, 1.54) is 38.6 Å². The molecule has 1 rings (SSSR count). The van der Waals surface area contributed by atoms with E-state index in [0.29, 0.717) is 0 Å². The van der Waals surface area contributed by atoms with Gasteiger partial charge in [0, 0.05) is 0 Å². The smallest absolute Gasteiger partial charge is 0.0576 e. The van der Waals surface area contributed by atoms with Crippen LogP contribution in [-0.2, 0) is 0 Å². The Hall–Kier alpha value is -0.480. The largest absolute Gasteiger partial charge is 0.306 e. The van der Waals surface area contributed by atoms with Crippen molar-refractivity contribution < 1.29 is 0 Å². The monoisotopic (exact) mass is 193 g/mol. The fraction of sp³-hybridized carbons (Fsp3) is 0.846. The highest BCUT2D eigenvalue weighted by molar-refractivity contribution is 4.97. The molecule has 1 N–H and O–H groups in total. The molecule has 1 aliphatic carbocycles. The van der Waals surface area contributed by atoms with Gasteiger partial charge in [0.15, 0.2) is 0 Å². The second-order valence-electron chi connectivity index (χ2n) is 4.35. The van der Waals surface area contributed by atoms with Crippen LogP contribution in [0, 0.1) is 23.7 Å². The third-order valence-electron chi connectivity index (χ3n) is 3.37.